The lowest BCUT2D eigenvalue weighted by Crippen LogP contribution is -2.08. The second-order valence-corrected chi connectivity index (χ2v) is 8.12. The Bertz CT molecular complexity index is 570. The van der Waals surface area contributed by atoms with Crippen molar-refractivity contribution in [1.82, 2.24) is 0 Å². The van der Waals surface area contributed by atoms with Crippen LogP contribution in [0, 0.1) is 5.92 Å². The van der Waals surface area contributed by atoms with Gasteiger partial charge >= 0.3 is 11.9 Å². The third kappa shape index (κ3) is 16.9. The number of aliphatic carboxylic acids is 2. The number of aromatic hydroxyl groups is 1. The molecule has 0 spiro atoms. The van der Waals surface area contributed by atoms with E-state index in [9.17, 15) is 9.59 Å². The molecule has 1 aromatic rings. The maximum Gasteiger partial charge on any atom is 0.307 e. The number of benzene rings is 1. The monoisotopic (exact) mass is 422 g/mol. The van der Waals surface area contributed by atoms with Gasteiger partial charge in [0, 0.05) is 5.56 Å². The number of carboxylic acid groups (broad SMARTS) is 2. The molecule has 0 aliphatic heterocycles. The highest BCUT2D eigenvalue weighted by molar-refractivity contribution is 5.71. The number of phenolic OH excluding ortho intramolecular Hbond substituents is 1. The predicted octanol–water partition coefficient (Wildman–Crippen LogP) is 6.82. The largest absolute Gasteiger partial charge is 0.508 e. The summed E-state index contributed by atoms with van der Waals surface area (Å²) in [5.74, 6) is -1.72. The van der Waals surface area contributed by atoms with Crippen LogP contribution in [0.25, 0.3) is 0 Å². The van der Waals surface area contributed by atoms with E-state index in [1.54, 1.807) is 25.1 Å². The molecule has 30 heavy (non-hydrogen) atoms. The highest BCUT2D eigenvalue weighted by Crippen LogP contribution is 2.16. The van der Waals surface area contributed by atoms with E-state index in [2.05, 4.69) is 6.92 Å². The minimum atomic E-state index is -0.938. The second-order valence-electron chi connectivity index (χ2n) is 8.12. The molecule has 0 bridgehead atoms. The zero-order chi connectivity index (χ0) is 22.6. The fourth-order valence-corrected chi connectivity index (χ4v) is 3.24. The van der Waals surface area contributed by atoms with Crippen LogP contribution in [0.2, 0.25) is 0 Å². The van der Waals surface area contributed by atoms with E-state index in [1.807, 2.05) is 0 Å². The lowest BCUT2D eigenvalue weighted by molar-refractivity contribution is -0.141. The first kappa shape index (κ1) is 28.0. The molecule has 0 radical (unpaired) electrons. The van der Waals surface area contributed by atoms with Crippen LogP contribution in [0.1, 0.15) is 103 Å². The SMILES string of the molecule is CCCCCCCCCCCCCCC(C)C(=O)O.O=C(O)Cc1ccccc1O. The van der Waals surface area contributed by atoms with E-state index in [0.717, 1.165) is 12.8 Å². The summed E-state index contributed by atoms with van der Waals surface area (Å²) in [6.07, 6.45) is 16.7. The summed E-state index contributed by atoms with van der Waals surface area (Å²) in [5, 5.41) is 26.2. The smallest absolute Gasteiger partial charge is 0.307 e. The number of carbonyl (C=O) groups is 2. The minimum absolute atomic E-state index is 0.0369. The van der Waals surface area contributed by atoms with Crippen LogP contribution in [0.5, 0.6) is 5.75 Å². The molecule has 0 heterocycles. The van der Waals surface area contributed by atoms with Crippen molar-refractivity contribution in [2.24, 2.45) is 5.92 Å². The lowest BCUT2D eigenvalue weighted by atomic mass is 10.0. The van der Waals surface area contributed by atoms with E-state index in [4.69, 9.17) is 15.3 Å². The van der Waals surface area contributed by atoms with Crippen molar-refractivity contribution in [2.75, 3.05) is 0 Å². The van der Waals surface area contributed by atoms with Crippen LogP contribution in [-0.4, -0.2) is 27.3 Å². The number of unbranched alkanes of at least 4 members (excludes halogenated alkanes) is 11. The third-order valence-electron chi connectivity index (χ3n) is 5.25. The summed E-state index contributed by atoms with van der Waals surface area (Å²) in [7, 11) is 0. The summed E-state index contributed by atoms with van der Waals surface area (Å²) in [6, 6.07) is 6.40. The van der Waals surface area contributed by atoms with Gasteiger partial charge in [-0.3, -0.25) is 9.59 Å². The van der Waals surface area contributed by atoms with Gasteiger partial charge in [0.25, 0.3) is 0 Å². The van der Waals surface area contributed by atoms with Crippen LogP contribution >= 0.6 is 0 Å². The quantitative estimate of drug-likeness (QED) is 0.254. The Morgan fingerprint density at radius 2 is 1.27 bits per heavy atom. The molecular formula is C25H42O5. The zero-order valence-electron chi connectivity index (χ0n) is 18.9. The Kier molecular flexibility index (Phi) is 17.7. The van der Waals surface area contributed by atoms with Crippen LogP contribution in [0.15, 0.2) is 24.3 Å². The zero-order valence-corrected chi connectivity index (χ0v) is 18.9. The van der Waals surface area contributed by atoms with Gasteiger partial charge in [-0.1, -0.05) is 109 Å². The van der Waals surface area contributed by atoms with Crippen molar-refractivity contribution in [3.05, 3.63) is 29.8 Å². The van der Waals surface area contributed by atoms with E-state index in [1.165, 1.54) is 76.7 Å². The van der Waals surface area contributed by atoms with Crippen molar-refractivity contribution in [1.29, 1.82) is 0 Å². The van der Waals surface area contributed by atoms with Crippen LogP contribution in [-0.2, 0) is 16.0 Å². The van der Waals surface area contributed by atoms with Crippen molar-refractivity contribution in [3.63, 3.8) is 0 Å². The molecule has 0 aromatic heterocycles. The van der Waals surface area contributed by atoms with Gasteiger partial charge in [0.2, 0.25) is 0 Å². The summed E-state index contributed by atoms with van der Waals surface area (Å²) >= 11 is 0. The number of para-hydroxylation sites is 1. The number of carboxylic acids is 2. The molecule has 0 saturated heterocycles. The van der Waals surface area contributed by atoms with Gasteiger partial charge in [-0.05, 0) is 12.5 Å². The van der Waals surface area contributed by atoms with Gasteiger partial charge in [-0.15, -0.1) is 0 Å². The average molecular weight is 423 g/mol. The third-order valence-corrected chi connectivity index (χ3v) is 5.25. The normalized spacial score (nSPS) is 11.4. The first-order chi connectivity index (χ1) is 14.4. The predicted molar refractivity (Wildman–Crippen MR) is 122 cm³/mol. The Morgan fingerprint density at radius 3 is 1.70 bits per heavy atom. The standard InChI is InChI=1S/C17H34O2.C8H8O3/c1-3-4-5-6-7-8-9-10-11-12-13-14-15-16(2)17(18)19;9-7-4-2-1-3-6(7)5-8(10)11/h16H,3-15H2,1-2H3,(H,18,19);1-4,9H,5H2,(H,10,11). The maximum atomic E-state index is 10.6. The van der Waals surface area contributed by atoms with Crippen molar-refractivity contribution < 1.29 is 24.9 Å². The first-order valence-electron chi connectivity index (χ1n) is 11.6. The molecule has 5 nitrogen and oxygen atoms in total. The summed E-state index contributed by atoms with van der Waals surface area (Å²) in [6.45, 7) is 4.07. The molecule has 1 aromatic carbocycles. The Balaban J connectivity index is 0.000000642. The molecule has 0 saturated carbocycles. The lowest BCUT2D eigenvalue weighted by Gasteiger charge is -2.05. The molecule has 0 aliphatic rings. The van der Waals surface area contributed by atoms with Gasteiger partial charge in [-0.25, -0.2) is 0 Å². The molecule has 5 heteroatoms. The van der Waals surface area contributed by atoms with Crippen molar-refractivity contribution in [3.8, 4) is 5.75 Å². The highest BCUT2D eigenvalue weighted by atomic mass is 16.4. The molecule has 172 valence electrons. The molecular weight excluding hydrogens is 380 g/mol. The van der Waals surface area contributed by atoms with E-state index in [-0.39, 0.29) is 18.1 Å². The topological polar surface area (TPSA) is 94.8 Å². The molecule has 0 fully saturated rings. The Labute approximate surface area is 182 Å². The molecule has 0 aliphatic carbocycles. The van der Waals surface area contributed by atoms with Crippen LogP contribution in [0.3, 0.4) is 0 Å². The van der Waals surface area contributed by atoms with Crippen molar-refractivity contribution in [2.45, 2.75) is 104 Å². The minimum Gasteiger partial charge on any atom is -0.508 e. The highest BCUT2D eigenvalue weighted by Gasteiger charge is 2.09. The molecule has 0 amide bonds. The van der Waals surface area contributed by atoms with Crippen molar-refractivity contribution >= 4 is 11.9 Å². The van der Waals surface area contributed by atoms with E-state index >= 15 is 0 Å². The number of hydrogen-bond donors (Lipinski definition) is 3. The number of rotatable bonds is 16. The molecule has 1 unspecified atom stereocenters. The number of phenols is 1. The Morgan fingerprint density at radius 1 is 0.800 bits per heavy atom. The summed E-state index contributed by atoms with van der Waals surface area (Å²) < 4.78 is 0. The fourth-order valence-electron chi connectivity index (χ4n) is 3.24. The van der Waals surface area contributed by atoms with E-state index in [0.29, 0.717) is 5.56 Å². The van der Waals surface area contributed by atoms with Gasteiger partial charge in [0.05, 0.1) is 12.3 Å². The molecule has 1 atom stereocenters. The van der Waals surface area contributed by atoms with Gasteiger partial charge in [-0.2, -0.15) is 0 Å². The van der Waals surface area contributed by atoms with E-state index < -0.39 is 11.9 Å². The average Bonchev–Trinajstić information content (AvgIpc) is 2.70. The Hall–Kier alpha value is -2.04. The van der Waals surface area contributed by atoms with Gasteiger partial charge in [0.15, 0.2) is 0 Å². The summed E-state index contributed by atoms with van der Waals surface area (Å²) in [4.78, 5) is 20.8. The fraction of sp³-hybridized carbons (Fsp3) is 0.680. The first-order valence-corrected chi connectivity index (χ1v) is 11.6. The molecule has 3 N–H and O–H groups in total. The molecule has 1 rings (SSSR count). The van der Waals surface area contributed by atoms with Gasteiger partial charge < -0.3 is 15.3 Å². The van der Waals surface area contributed by atoms with Crippen LogP contribution in [0.4, 0.5) is 0 Å². The second kappa shape index (κ2) is 19.0. The number of hydrogen-bond acceptors (Lipinski definition) is 3. The summed E-state index contributed by atoms with van der Waals surface area (Å²) in [5.41, 5.74) is 0.444. The van der Waals surface area contributed by atoms with Gasteiger partial charge in [0.1, 0.15) is 5.75 Å². The van der Waals surface area contributed by atoms with Crippen LogP contribution < -0.4 is 0 Å². The maximum absolute atomic E-state index is 10.6.